The van der Waals surface area contributed by atoms with Gasteiger partial charge in [0.1, 0.15) is 11.0 Å². The van der Waals surface area contributed by atoms with Gasteiger partial charge in [-0.3, -0.25) is 4.79 Å². The van der Waals surface area contributed by atoms with Crippen LogP contribution in [0.1, 0.15) is 18.4 Å². The molecule has 0 fully saturated rings. The van der Waals surface area contributed by atoms with E-state index in [1.54, 1.807) is 0 Å². The van der Waals surface area contributed by atoms with Crippen LogP contribution in [0.15, 0.2) is 28.8 Å². The predicted molar refractivity (Wildman–Crippen MR) is 80.6 cm³/mol. The molecular formula is C14H17N3O4S. The van der Waals surface area contributed by atoms with Gasteiger partial charge in [-0.15, -0.1) is 0 Å². The second-order valence-corrected chi connectivity index (χ2v) is 7.26. The van der Waals surface area contributed by atoms with Gasteiger partial charge < -0.3 is 9.84 Å². The quantitative estimate of drug-likeness (QED) is 0.884. The fourth-order valence-electron chi connectivity index (χ4n) is 1.80. The molecule has 0 spiro atoms. The van der Waals surface area contributed by atoms with E-state index in [-0.39, 0.29) is 5.89 Å². The monoisotopic (exact) mass is 323 g/mol. The van der Waals surface area contributed by atoms with Gasteiger partial charge >= 0.3 is 0 Å². The van der Waals surface area contributed by atoms with Gasteiger partial charge in [-0.05, 0) is 13.8 Å². The van der Waals surface area contributed by atoms with Gasteiger partial charge in [0.2, 0.25) is 17.6 Å². The van der Waals surface area contributed by atoms with Crippen LogP contribution in [-0.4, -0.2) is 36.8 Å². The molecule has 1 atom stereocenters. The summed E-state index contributed by atoms with van der Waals surface area (Å²) in [5, 5.41) is 4.91. The summed E-state index contributed by atoms with van der Waals surface area (Å²) in [5.74, 6) is -0.761. The van der Waals surface area contributed by atoms with Crippen molar-refractivity contribution < 1.29 is 17.7 Å². The first kappa shape index (κ1) is 16.2. The minimum atomic E-state index is -3.71. The van der Waals surface area contributed by atoms with Crippen molar-refractivity contribution in [2.45, 2.75) is 24.9 Å². The number of nitrogens with zero attached hydrogens (tertiary/aromatic N) is 2. The lowest BCUT2D eigenvalue weighted by Gasteiger charge is -2.09. The molecule has 1 heterocycles. The van der Waals surface area contributed by atoms with E-state index in [0.717, 1.165) is 11.1 Å². The van der Waals surface area contributed by atoms with Crippen LogP contribution < -0.4 is 5.32 Å². The molecule has 1 amide bonds. The number of nitrogens with one attached hydrogen (secondary N) is 1. The topological polar surface area (TPSA) is 102 Å². The molecule has 0 aliphatic heterocycles. The molecule has 7 nitrogen and oxygen atoms in total. The molecule has 22 heavy (non-hydrogen) atoms. The summed E-state index contributed by atoms with van der Waals surface area (Å²) < 4.78 is 29.2. The third-order valence-corrected chi connectivity index (χ3v) is 5.20. The minimum absolute atomic E-state index is 0.0358. The molecule has 0 aliphatic rings. The van der Waals surface area contributed by atoms with E-state index < -0.39 is 26.7 Å². The van der Waals surface area contributed by atoms with Gasteiger partial charge in [0.15, 0.2) is 9.84 Å². The van der Waals surface area contributed by atoms with E-state index >= 15 is 0 Å². The Bertz CT molecular complexity index is 766. The van der Waals surface area contributed by atoms with Crippen molar-refractivity contribution >= 4 is 15.7 Å². The largest absolute Gasteiger partial charge is 0.358 e. The Hall–Kier alpha value is -2.22. The van der Waals surface area contributed by atoms with Crippen molar-refractivity contribution in [2.75, 3.05) is 7.05 Å². The summed E-state index contributed by atoms with van der Waals surface area (Å²) in [6, 6.07) is 7.45. The fraction of sp³-hybridized carbons (Fsp3) is 0.357. The van der Waals surface area contributed by atoms with Crippen molar-refractivity contribution in [3.8, 4) is 11.4 Å². The summed E-state index contributed by atoms with van der Waals surface area (Å²) in [7, 11) is -2.32. The number of aromatic nitrogens is 2. The first-order chi connectivity index (χ1) is 10.3. The van der Waals surface area contributed by atoms with E-state index in [1.807, 2.05) is 31.2 Å². The molecule has 1 aromatic heterocycles. The molecule has 0 aliphatic carbocycles. The Kier molecular flexibility index (Phi) is 4.60. The van der Waals surface area contributed by atoms with Crippen molar-refractivity contribution in [3.05, 3.63) is 35.7 Å². The van der Waals surface area contributed by atoms with Crippen molar-refractivity contribution in [1.29, 1.82) is 0 Å². The molecule has 118 valence electrons. The van der Waals surface area contributed by atoms with Gasteiger partial charge in [-0.2, -0.15) is 4.98 Å². The second kappa shape index (κ2) is 6.27. The van der Waals surface area contributed by atoms with E-state index in [4.69, 9.17) is 4.52 Å². The molecule has 0 unspecified atom stereocenters. The maximum Gasteiger partial charge on any atom is 0.242 e. The van der Waals surface area contributed by atoms with E-state index in [2.05, 4.69) is 15.5 Å². The third kappa shape index (κ3) is 3.51. The zero-order chi connectivity index (χ0) is 16.3. The van der Waals surface area contributed by atoms with Gasteiger partial charge in [-0.1, -0.05) is 35.0 Å². The highest BCUT2D eigenvalue weighted by molar-refractivity contribution is 7.92. The van der Waals surface area contributed by atoms with Crippen LogP contribution >= 0.6 is 0 Å². The lowest BCUT2D eigenvalue weighted by molar-refractivity contribution is -0.119. The minimum Gasteiger partial charge on any atom is -0.358 e. The summed E-state index contributed by atoms with van der Waals surface area (Å²) in [5.41, 5.74) is 1.83. The molecular weight excluding hydrogens is 306 g/mol. The number of carbonyl (C=O) groups excluding carboxylic acids is 1. The zero-order valence-electron chi connectivity index (χ0n) is 12.5. The molecule has 0 saturated carbocycles. The van der Waals surface area contributed by atoms with Gasteiger partial charge in [0.25, 0.3) is 0 Å². The highest BCUT2D eigenvalue weighted by Gasteiger charge is 2.29. The van der Waals surface area contributed by atoms with E-state index in [9.17, 15) is 13.2 Å². The Morgan fingerprint density at radius 3 is 2.55 bits per heavy atom. The third-order valence-electron chi connectivity index (χ3n) is 3.26. The zero-order valence-corrected chi connectivity index (χ0v) is 13.3. The number of hydrogen-bond acceptors (Lipinski definition) is 6. The van der Waals surface area contributed by atoms with Crippen LogP contribution in [0.2, 0.25) is 0 Å². The normalized spacial score (nSPS) is 12.9. The van der Waals surface area contributed by atoms with Gasteiger partial charge in [0, 0.05) is 12.6 Å². The van der Waals surface area contributed by atoms with Crippen molar-refractivity contribution in [2.24, 2.45) is 0 Å². The summed E-state index contributed by atoms with van der Waals surface area (Å²) in [4.78, 5) is 15.5. The maximum atomic E-state index is 12.1. The summed E-state index contributed by atoms with van der Waals surface area (Å²) in [6.07, 6.45) is 0. The smallest absolute Gasteiger partial charge is 0.242 e. The van der Waals surface area contributed by atoms with Crippen LogP contribution in [0.25, 0.3) is 11.4 Å². The first-order valence-corrected chi connectivity index (χ1v) is 8.38. The highest BCUT2D eigenvalue weighted by atomic mass is 32.2. The molecule has 0 radical (unpaired) electrons. The lowest BCUT2D eigenvalue weighted by Crippen LogP contribution is -2.36. The highest BCUT2D eigenvalue weighted by Crippen LogP contribution is 2.18. The first-order valence-electron chi connectivity index (χ1n) is 6.66. The Balaban J connectivity index is 2.18. The summed E-state index contributed by atoms with van der Waals surface area (Å²) >= 11 is 0. The van der Waals surface area contributed by atoms with Crippen LogP contribution in [0.3, 0.4) is 0 Å². The van der Waals surface area contributed by atoms with Crippen LogP contribution in [0, 0.1) is 6.92 Å². The van der Waals surface area contributed by atoms with Crippen molar-refractivity contribution in [1.82, 2.24) is 15.5 Å². The van der Waals surface area contributed by atoms with Gasteiger partial charge in [-0.25, -0.2) is 8.42 Å². The van der Waals surface area contributed by atoms with Gasteiger partial charge in [0.05, 0.1) is 0 Å². The maximum absolute atomic E-state index is 12.1. The van der Waals surface area contributed by atoms with E-state index in [1.165, 1.54) is 14.0 Å². The standard InChI is InChI=1S/C14H17N3O4S/c1-9-4-6-11(7-5-9)13-16-12(21-17-13)8-22(19,20)10(2)14(18)15-3/h4-7,10H,8H2,1-3H3,(H,15,18)/t10-/m0/s1. The average Bonchev–Trinajstić information content (AvgIpc) is 2.94. The molecule has 1 N–H and O–H groups in total. The summed E-state index contributed by atoms with van der Waals surface area (Å²) in [6.45, 7) is 3.28. The number of aryl methyl sites for hydroxylation is 1. The van der Waals surface area contributed by atoms with E-state index in [0.29, 0.717) is 5.82 Å². The molecule has 0 bridgehead atoms. The average molecular weight is 323 g/mol. The molecule has 1 aromatic carbocycles. The second-order valence-electron chi connectivity index (χ2n) is 4.94. The number of hydrogen-bond donors (Lipinski definition) is 1. The van der Waals surface area contributed by atoms with Crippen LogP contribution in [0.4, 0.5) is 0 Å². The molecule has 2 aromatic rings. The number of benzene rings is 1. The van der Waals surface area contributed by atoms with Crippen LogP contribution in [0.5, 0.6) is 0 Å². The van der Waals surface area contributed by atoms with Crippen LogP contribution in [-0.2, 0) is 20.4 Å². The molecule has 8 heteroatoms. The Morgan fingerprint density at radius 2 is 1.95 bits per heavy atom. The Labute approximate surface area is 128 Å². The number of amides is 1. The fourth-order valence-corrected chi connectivity index (χ4v) is 2.95. The molecule has 0 saturated heterocycles. The predicted octanol–water partition coefficient (Wildman–Crippen LogP) is 1.09. The molecule has 2 rings (SSSR count). The van der Waals surface area contributed by atoms with Crippen molar-refractivity contribution in [3.63, 3.8) is 0 Å². The SMILES string of the molecule is CNC(=O)[C@H](C)S(=O)(=O)Cc1nc(-c2ccc(C)cc2)no1. The number of carbonyl (C=O) groups is 1. The lowest BCUT2D eigenvalue weighted by atomic mass is 10.1. The number of sulfone groups is 1. The Morgan fingerprint density at radius 1 is 1.32 bits per heavy atom. The number of rotatable bonds is 5.